The molecule has 2 nitrogen and oxygen atoms in total. The highest BCUT2D eigenvalue weighted by molar-refractivity contribution is 6.08. The van der Waals surface area contributed by atoms with Crippen LogP contribution in [0.15, 0.2) is 42.0 Å². The zero-order valence-electron chi connectivity index (χ0n) is 10.1. The van der Waals surface area contributed by atoms with Crippen molar-refractivity contribution >= 4 is 11.5 Å². The van der Waals surface area contributed by atoms with Crippen LogP contribution in [0, 0.1) is 0 Å². The highest BCUT2D eigenvalue weighted by Crippen LogP contribution is 2.28. The van der Waals surface area contributed by atoms with E-state index in [0.29, 0.717) is 5.57 Å². The van der Waals surface area contributed by atoms with E-state index in [9.17, 15) is 4.79 Å². The van der Waals surface area contributed by atoms with Crippen molar-refractivity contribution in [3.63, 3.8) is 0 Å². The summed E-state index contributed by atoms with van der Waals surface area (Å²) in [5.74, 6) is -0.337. The lowest BCUT2D eigenvalue weighted by Gasteiger charge is -2.14. The molecule has 0 bridgehead atoms. The number of rotatable bonds is 3. The molecule has 2 heteroatoms. The Balaban J connectivity index is 2.34. The average molecular weight is 227 g/mol. The molecule has 2 N–H and O–H groups in total. The van der Waals surface area contributed by atoms with Gasteiger partial charge in [-0.25, -0.2) is 0 Å². The van der Waals surface area contributed by atoms with Crippen molar-refractivity contribution < 1.29 is 4.79 Å². The summed E-state index contributed by atoms with van der Waals surface area (Å²) in [6.07, 6.45) is 6.93. The number of hydrogen-bond acceptors (Lipinski definition) is 1. The number of hydrogen-bond donors (Lipinski definition) is 1. The van der Waals surface area contributed by atoms with E-state index in [4.69, 9.17) is 5.73 Å². The molecule has 0 aromatic heterocycles. The van der Waals surface area contributed by atoms with Crippen LogP contribution in [0.4, 0.5) is 0 Å². The number of allylic oxidation sites excluding steroid dienone is 2. The maximum atomic E-state index is 11.4. The highest BCUT2D eigenvalue weighted by atomic mass is 16.1. The van der Waals surface area contributed by atoms with Crippen LogP contribution in [0.2, 0.25) is 0 Å². The number of aryl methyl sites for hydroxylation is 1. The minimum Gasteiger partial charge on any atom is -0.366 e. The van der Waals surface area contributed by atoms with Crippen molar-refractivity contribution in [2.75, 3.05) is 0 Å². The average Bonchev–Trinajstić information content (AvgIpc) is 2.39. The first kappa shape index (κ1) is 11.6. The fourth-order valence-electron chi connectivity index (χ4n) is 2.10. The zero-order valence-corrected chi connectivity index (χ0v) is 10.1. The van der Waals surface area contributed by atoms with Gasteiger partial charge in [-0.15, -0.1) is 0 Å². The molecular weight excluding hydrogens is 210 g/mol. The number of benzene rings is 1. The number of primary amides is 1. The van der Waals surface area contributed by atoms with E-state index >= 15 is 0 Å². The third kappa shape index (κ3) is 2.47. The van der Waals surface area contributed by atoms with Crippen molar-refractivity contribution in [1.29, 1.82) is 0 Å². The fourth-order valence-corrected chi connectivity index (χ4v) is 2.10. The summed E-state index contributed by atoms with van der Waals surface area (Å²) in [4.78, 5) is 11.4. The molecule has 0 saturated carbocycles. The molecule has 0 aliphatic heterocycles. The molecule has 0 radical (unpaired) electrons. The molecule has 0 unspecified atom stereocenters. The number of amides is 1. The third-order valence-corrected chi connectivity index (χ3v) is 3.09. The van der Waals surface area contributed by atoms with Crippen molar-refractivity contribution in [2.45, 2.75) is 26.2 Å². The first-order valence-electron chi connectivity index (χ1n) is 6.02. The number of nitrogens with two attached hydrogens (primary N) is 1. The van der Waals surface area contributed by atoms with Gasteiger partial charge in [0.2, 0.25) is 5.91 Å². The standard InChI is InChI=1S/C15H17NO/c1-2-11-7-9-12(10-8-11)13-5-3-4-6-14(13)15(16)17/h5-10H,2-4H2,1H3,(H2,16,17). The molecule has 1 aromatic rings. The van der Waals surface area contributed by atoms with Gasteiger partial charge in [0.25, 0.3) is 0 Å². The Morgan fingerprint density at radius 1 is 1.18 bits per heavy atom. The predicted molar refractivity (Wildman–Crippen MR) is 70.3 cm³/mol. The minimum atomic E-state index is -0.337. The number of carbonyl (C=O) groups is 1. The van der Waals surface area contributed by atoms with E-state index in [1.807, 2.05) is 6.08 Å². The molecule has 1 aliphatic rings. The summed E-state index contributed by atoms with van der Waals surface area (Å²) in [7, 11) is 0. The molecule has 1 aliphatic carbocycles. The molecular formula is C15H17NO. The van der Waals surface area contributed by atoms with Crippen LogP contribution in [0.25, 0.3) is 5.57 Å². The summed E-state index contributed by atoms with van der Waals surface area (Å²) >= 11 is 0. The Kier molecular flexibility index (Phi) is 3.43. The van der Waals surface area contributed by atoms with Gasteiger partial charge in [0, 0.05) is 5.57 Å². The smallest absolute Gasteiger partial charge is 0.248 e. The van der Waals surface area contributed by atoms with Crippen LogP contribution >= 0.6 is 0 Å². The van der Waals surface area contributed by atoms with Crippen LogP contribution in [0.5, 0.6) is 0 Å². The molecule has 1 amide bonds. The van der Waals surface area contributed by atoms with Crippen LogP contribution in [0.3, 0.4) is 0 Å². The third-order valence-electron chi connectivity index (χ3n) is 3.09. The molecule has 0 heterocycles. The maximum Gasteiger partial charge on any atom is 0.248 e. The second-order valence-corrected chi connectivity index (χ2v) is 4.23. The summed E-state index contributed by atoms with van der Waals surface area (Å²) in [5, 5.41) is 0. The predicted octanol–water partition coefficient (Wildman–Crippen LogP) is 2.84. The van der Waals surface area contributed by atoms with E-state index in [-0.39, 0.29) is 5.91 Å². The van der Waals surface area contributed by atoms with Gasteiger partial charge in [-0.1, -0.05) is 43.3 Å². The van der Waals surface area contributed by atoms with Crippen LogP contribution < -0.4 is 5.73 Å². The van der Waals surface area contributed by atoms with Gasteiger partial charge < -0.3 is 5.73 Å². The van der Waals surface area contributed by atoms with Gasteiger partial charge in [0.1, 0.15) is 0 Å². The van der Waals surface area contributed by atoms with Crippen LogP contribution in [0.1, 0.15) is 30.9 Å². The first-order chi connectivity index (χ1) is 8.22. The second kappa shape index (κ2) is 5.00. The monoisotopic (exact) mass is 227 g/mol. The SMILES string of the molecule is CCc1ccc(C2=CCCC=C2C(N)=O)cc1. The Morgan fingerprint density at radius 3 is 2.41 bits per heavy atom. The van der Waals surface area contributed by atoms with Crippen molar-refractivity contribution in [3.8, 4) is 0 Å². The summed E-state index contributed by atoms with van der Waals surface area (Å²) < 4.78 is 0. The molecule has 17 heavy (non-hydrogen) atoms. The summed E-state index contributed by atoms with van der Waals surface area (Å²) in [6.45, 7) is 2.13. The van der Waals surface area contributed by atoms with Crippen molar-refractivity contribution in [2.24, 2.45) is 5.73 Å². The fraction of sp³-hybridized carbons (Fsp3) is 0.267. The molecule has 0 spiro atoms. The van der Waals surface area contributed by atoms with E-state index < -0.39 is 0 Å². The van der Waals surface area contributed by atoms with Crippen molar-refractivity contribution in [3.05, 3.63) is 53.1 Å². The summed E-state index contributed by atoms with van der Waals surface area (Å²) in [6, 6.07) is 8.33. The Bertz CT molecular complexity index is 480. The second-order valence-electron chi connectivity index (χ2n) is 4.23. The summed E-state index contributed by atoms with van der Waals surface area (Å²) in [5.41, 5.74) is 9.41. The van der Waals surface area contributed by atoms with Gasteiger partial charge in [-0.2, -0.15) is 0 Å². The largest absolute Gasteiger partial charge is 0.366 e. The van der Waals surface area contributed by atoms with E-state index in [1.54, 1.807) is 0 Å². The minimum absolute atomic E-state index is 0.337. The molecule has 1 aromatic carbocycles. The van der Waals surface area contributed by atoms with Crippen molar-refractivity contribution in [1.82, 2.24) is 0 Å². The number of carbonyl (C=O) groups excluding carboxylic acids is 1. The van der Waals surface area contributed by atoms with Gasteiger partial charge in [-0.05, 0) is 36.0 Å². The lowest BCUT2D eigenvalue weighted by atomic mass is 9.91. The topological polar surface area (TPSA) is 43.1 Å². The Morgan fingerprint density at radius 2 is 1.82 bits per heavy atom. The Hall–Kier alpha value is -1.83. The van der Waals surface area contributed by atoms with Crippen LogP contribution in [-0.2, 0) is 11.2 Å². The molecule has 0 saturated heterocycles. The van der Waals surface area contributed by atoms with Crippen LogP contribution in [-0.4, -0.2) is 5.91 Å². The van der Waals surface area contributed by atoms with Gasteiger partial charge in [0.15, 0.2) is 0 Å². The quantitative estimate of drug-likeness (QED) is 0.847. The molecule has 2 rings (SSSR count). The highest BCUT2D eigenvalue weighted by Gasteiger charge is 2.15. The van der Waals surface area contributed by atoms with E-state index in [1.165, 1.54) is 5.56 Å². The Labute approximate surface area is 102 Å². The maximum absolute atomic E-state index is 11.4. The molecule has 0 fully saturated rings. The van der Waals surface area contributed by atoms with E-state index in [2.05, 4.69) is 37.3 Å². The normalized spacial score (nSPS) is 15.1. The van der Waals surface area contributed by atoms with Gasteiger partial charge >= 0.3 is 0 Å². The zero-order chi connectivity index (χ0) is 12.3. The molecule has 88 valence electrons. The lowest BCUT2D eigenvalue weighted by molar-refractivity contribution is -0.114. The molecule has 0 atom stereocenters. The van der Waals surface area contributed by atoms with Gasteiger partial charge in [-0.3, -0.25) is 4.79 Å². The first-order valence-corrected chi connectivity index (χ1v) is 6.02. The lowest BCUT2D eigenvalue weighted by Crippen LogP contribution is -2.16. The van der Waals surface area contributed by atoms with E-state index in [0.717, 1.165) is 30.4 Å². The van der Waals surface area contributed by atoms with Gasteiger partial charge in [0.05, 0.1) is 0 Å².